The zero-order chi connectivity index (χ0) is 12.5. The van der Waals surface area contributed by atoms with E-state index in [9.17, 15) is 22.0 Å². The molecule has 0 radical (unpaired) electrons. The average molecular weight is 239 g/mol. The molecule has 0 N–H and O–H groups in total. The zero-order valence-electron chi connectivity index (χ0n) is 8.48. The number of nitrogens with zero attached hydrogens (tertiary/aromatic N) is 1. The summed E-state index contributed by atoms with van der Waals surface area (Å²) in [5.74, 6) is 0. The fourth-order valence-corrected chi connectivity index (χ4v) is 1.38. The largest absolute Gasteiger partial charge is 0.406 e. The van der Waals surface area contributed by atoms with E-state index in [4.69, 9.17) is 0 Å². The molecule has 1 rings (SSSR count). The second-order valence-electron chi connectivity index (χ2n) is 3.46. The van der Waals surface area contributed by atoms with E-state index < -0.39 is 24.7 Å². The molecule has 0 saturated carbocycles. The first kappa shape index (κ1) is 12.7. The zero-order valence-corrected chi connectivity index (χ0v) is 8.48. The van der Waals surface area contributed by atoms with Gasteiger partial charge in [-0.3, -0.25) is 0 Å². The van der Waals surface area contributed by atoms with Gasteiger partial charge in [0.1, 0.15) is 6.54 Å². The molecule has 0 atom stereocenters. The van der Waals surface area contributed by atoms with Gasteiger partial charge in [-0.25, -0.2) is 8.78 Å². The highest BCUT2D eigenvalue weighted by Gasteiger charge is 2.33. The van der Waals surface area contributed by atoms with Crippen LogP contribution in [0.15, 0.2) is 35.7 Å². The summed E-state index contributed by atoms with van der Waals surface area (Å²) in [7, 11) is 0. The lowest BCUT2D eigenvalue weighted by molar-refractivity contribution is -0.137. The standard InChI is InChI=1S/C10H10F5N/c1-6-3-8(9(11)12)7(2)16(4-6)5-10(13,14)15/h3-4,9H,2,5H2,1H3. The molecule has 0 bridgehead atoms. The second kappa shape index (κ2) is 4.27. The molecule has 6 heteroatoms. The quantitative estimate of drug-likeness (QED) is 0.667. The predicted molar refractivity (Wildman–Crippen MR) is 49.7 cm³/mol. The van der Waals surface area contributed by atoms with Gasteiger partial charge in [0.05, 0.1) is 0 Å². The molecule has 1 heterocycles. The van der Waals surface area contributed by atoms with Gasteiger partial charge in [0.25, 0.3) is 6.43 Å². The Labute approximate surface area is 89.5 Å². The molecule has 1 aliphatic heterocycles. The van der Waals surface area contributed by atoms with Crippen molar-refractivity contribution in [3.63, 3.8) is 0 Å². The van der Waals surface area contributed by atoms with E-state index in [0.717, 1.165) is 12.3 Å². The third kappa shape index (κ3) is 3.08. The summed E-state index contributed by atoms with van der Waals surface area (Å²) >= 11 is 0. The van der Waals surface area contributed by atoms with Crippen molar-refractivity contribution in [3.05, 3.63) is 35.7 Å². The average Bonchev–Trinajstić information content (AvgIpc) is 2.07. The fraction of sp³-hybridized carbons (Fsp3) is 0.400. The topological polar surface area (TPSA) is 3.24 Å². The van der Waals surface area contributed by atoms with Crippen LogP contribution in [0.25, 0.3) is 0 Å². The number of allylic oxidation sites excluding steroid dienone is 3. The predicted octanol–water partition coefficient (Wildman–Crippen LogP) is 3.47. The number of hydrogen-bond acceptors (Lipinski definition) is 1. The van der Waals surface area contributed by atoms with Crippen LogP contribution in [0.1, 0.15) is 6.92 Å². The minimum Gasteiger partial charge on any atom is -0.339 e. The van der Waals surface area contributed by atoms with Crippen LogP contribution in [0.3, 0.4) is 0 Å². The summed E-state index contributed by atoms with van der Waals surface area (Å²) in [4.78, 5) is 0.691. The van der Waals surface area contributed by atoms with Gasteiger partial charge in [-0.05, 0) is 18.6 Å². The van der Waals surface area contributed by atoms with Gasteiger partial charge in [0, 0.05) is 17.5 Å². The summed E-state index contributed by atoms with van der Waals surface area (Å²) < 4.78 is 61.4. The van der Waals surface area contributed by atoms with Crippen molar-refractivity contribution in [1.29, 1.82) is 0 Å². The molecule has 0 unspecified atom stereocenters. The lowest BCUT2D eigenvalue weighted by atomic mass is 10.1. The molecule has 0 saturated heterocycles. The van der Waals surface area contributed by atoms with E-state index in [2.05, 4.69) is 6.58 Å². The summed E-state index contributed by atoms with van der Waals surface area (Å²) in [6, 6.07) is 0. The minimum atomic E-state index is -4.45. The Hall–Kier alpha value is -1.33. The Balaban J connectivity index is 2.92. The van der Waals surface area contributed by atoms with Crippen LogP contribution in [-0.4, -0.2) is 24.0 Å². The van der Waals surface area contributed by atoms with Crippen molar-refractivity contribution >= 4 is 0 Å². The Morgan fingerprint density at radius 2 is 1.94 bits per heavy atom. The summed E-state index contributed by atoms with van der Waals surface area (Å²) in [5.41, 5.74) is -0.436. The molecule has 0 spiro atoms. The molecule has 90 valence electrons. The highest BCUT2D eigenvalue weighted by Crippen LogP contribution is 2.30. The Morgan fingerprint density at radius 1 is 1.38 bits per heavy atom. The molecule has 0 amide bonds. The lowest BCUT2D eigenvalue weighted by Crippen LogP contribution is -2.32. The van der Waals surface area contributed by atoms with Crippen molar-refractivity contribution in [2.24, 2.45) is 0 Å². The van der Waals surface area contributed by atoms with Gasteiger partial charge < -0.3 is 4.90 Å². The van der Waals surface area contributed by atoms with Crippen molar-refractivity contribution in [2.75, 3.05) is 6.54 Å². The number of rotatable bonds is 2. The molecule has 1 aliphatic rings. The van der Waals surface area contributed by atoms with Crippen LogP contribution < -0.4 is 0 Å². The fourth-order valence-electron chi connectivity index (χ4n) is 1.38. The van der Waals surface area contributed by atoms with Crippen LogP contribution in [0.2, 0.25) is 0 Å². The minimum absolute atomic E-state index is 0.307. The second-order valence-corrected chi connectivity index (χ2v) is 3.46. The van der Waals surface area contributed by atoms with Gasteiger partial charge >= 0.3 is 6.18 Å². The first-order valence-corrected chi connectivity index (χ1v) is 4.41. The highest BCUT2D eigenvalue weighted by atomic mass is 19.4. The van der Waals surface area contributed by atoms with Gasteiger partial charge in [-0.15, -0.1) is 0 Å². The van der Waals surface area contributed by atoms with Gasteiger partial charge in [0.15, 0.2) is 0 Å². The summed E-state index contributed by atoms with van der Waals surface area (Å²) in [6.45, 7) is 3.39. The third-order valence-electron chi connectivity index (χ3n) is 2.01. The summed E-state index contributed by atoms with van der Waals surface area (Å²) in [5, 5.41) is 0. The molecular formula is C10H10F5N. The van der Waals surface area contributed by atoms with E-state index >= 15 is 0 Å². The molecule has 0 aromatic rings. The van der Waals surface area contributed by atoms with Gasteiger partial charge in [0.2, 0.25) is 0 Å². The monoisotopic (exact) mass is 239 g/mol. The first-order valence-electron chi connectivity index (χ1n) is 4.41. The van der Waals surface area contributed by atoms with Crippen LogP contribution >= 0.6 is 0 Å². The third-order valence-corrected chi connectivity index (χ3v) is 2.01. The van der Waals surface area contributed by atoms with Crippen LogP contribution in [0.4, 0.5) is 22.0 Å². The highest BCUT2D eigenvalue weighted by molar-refractivity contribution is 5.41. The molecule has 16 heavy (non-hydrogen) atoms. The van der Waals surface area contributed by atoms with Gasteiger partial charge in [-0.2, -0.15) is 13.2 Å². The Morgan fingerprint density at radius 3 is 2.38 bits per heavy atom. The molecule has 0 fully saturated rings. The van der Waals surface area contributed by atoms with E-state index in [1.54, 1.807) is 0 Å². The van der Waals surface area contributed by atoms with E-state index in [0.29, 0.717) is 10.5 Å². The lowest BCUT2D eigenvalue weighted by Gasteiger charge is -2.29. The van der Waals surface area contributed by atoms with Crippen molar-refractivity contribution in [2.45, 2.75) is 19.5 Å². The molecule has 0 aromatic carbocycles. The maximum Gasteiger partial charge on any atom is 0.406 e. The Bertz CT molecular complexity index is 351. The van der Waals surface area contributed by atoms with Gasteiger partial charge in [-0.1, -0.05) is 6.58 Å². The van der Waals surface area contributed by atoms with E-state index in [1.807, 2.05) is 0 Å². The maximum atomic E-state index is 12.5. The van der Waals surface area contributed by atoms with Crippen molar-refractivity contribution in [1.82, 2.24) is 4.90 Å². The molecule has 1 nitrogen and oxygen atoms in total. The smallest absolute Gasteiger partial charge is 0.339 e. The number of hydrogen-bond donors (Lipinski definition) is 0. The SMILES string of the molecule is C=C1C(C(F)F)=CC(C)=CN1CC(F)(F)F. The number of alkyl halides is 5. The van der Waals surface area contributed by atoms with Crippen molar-refractivity contribution in [3.8, 4) is 0 Å². The maximum absolute atomic E-state index is 12.5. The Kier molecular flexibility index (Phi) is 3.40. The van der Waals surface area contributed by atoms with Crippen LogP contribution in [-0.2, 0) is 0 Å². The normalized spacial score (nSPS) is 17.7. The first-order chi connectivity index (χ1) is 7.20. The van der Waals surface area contributed by atoms with Crippen LogP contribution in [0.5, 0.6) is 0 Å². The molecular weight excluding hydrogens is 229 g/mol. The van der Waals surface area contributed by atoms with E-state index in [1.165, 1.54) is 6.92 Å². The summed E-state index contributed by atoms with van der Waals surface area (Å²) in [6.07, 6.45) is -4.99. The van der Waals surface area contributed by atoms with Crippen LogP contribution in [0, 0.1) is 0 Å². The molecule has 0 aromatic heterocycles. The van der Waals surface area contributed by atoms with E-state index in [-0.39, 0.29) is 5.70 Å². The molecule has 0 aliphatic carbocycles. The number of halogens is 5. The van der Waals surface area contributed by atoms with Crippen molar-refractivity contribution < 1.29 is 22.0 Å².